The van der Waals surface area contributed by atoms with E-state index in [1.54, 1.807) is 25.4 Å². The molecule has 0 saturated carbocycles. The van der Waals surface area contributed by atoms with Crippen LogP contribution in [0.15, 0.2) is 65.8 Å². The molecule has 0 radical (unpaired) electrons. The van der Waals surface area contributed by atoms with Crippen molar-refractivity contribution in [1.82, 2.24) is 24.4 Å². The number of amides is 1. The van der Waals surface area contributed by atoms with Gasteiger partial charge in [0, 0.05) is 49.7 Å². The number of rotatable bonds is 9. The third kappa shape index (κ3) is 5.74. The molecule has 3 heterocycles. The molecular formula is C29H30N6O6S. The first-order chi connectivity index (χ1) is 20.1. The van der Waals surface area contributed by atoms with Crippen LogP contribution in [0.3, 0.4) is 0 Å². The Morgan fingerprint density at radius 2 is 1.86 bits per heavy atom. The highest BCUT2D eigenvalue weighted by molar-refractivity contribution is 7.89. The fraction of sp³-hybridized carbons (Fsp3) is 0.276. The summed E-state index contributed by atoms with van der Waals surface area (Å²) in [6.07, 6.45) is 4.68. The van der Waals surface area contributed by atoms with E-state index < -0.39 is 20.9 Å². The Labute approximate surface area is 243 Å². The van der Waals surface area contributed by atoms with Crippen LogP contribution >= 0.6 is 0 Å². The summed E-state index contributed by atoms with van der Waals surface area (Å²) in [5.41, 5.74) is 3.27. The van der Waals surface area contributed by atoms with Crippen molar-refractivity contribution in [1.29, 1.82) is 0 Å². The monoisotopic (exact) mass is 590 g/mol. The molecule has 0 spiro atoms. The minimum Gasteiger partial charge on any atom is -0.437 e. The second-order valence-electron chi connectivity index (χ2n) is 10.1. The van der Waals surface area contributed by atoms with E-state index >= 15 is 0 Å². The van der Waals surface area contributed by atoms with E-state index in [-0.39, 0.29) is 34.5 Å². The number of benzene rings is 2. The van der Waals surface area contributed by atoms with Crippen LogP contribution in [0.5, 0.6) is 11.6 Å². The predicted molar refractivity (Wildman–Crippen MR) is 154 cm³/mol. The highest BCUT2D eigenvalue weighted by Gasteiger charge is 2.33. The van der Waals surface area contributed by atoms with Gasteiger partial charge in [-0.15, -0.1) is 0 Å². The molecule has 1 aliphatic rings. The first-order valence-electron chi connectivity index (χ1n) is 13.4. The summed E-state index contributed by atoms with van der Waals surface area (Å²) < 4.78 is 36.3. The van der Waals surface area contributed by atoms with Crippen molar-refractivity contribution in [3.63, 3.8) is 0 Å². The zero-order chi connectivity index (χ0) is 30.0. The number of hydrogen-bond donors (Lipinski definition) is 1. The highest BCUT2D eigenvalue weighted by atomic mass is 32.2. The number of pyridine rings is 1. The third-order valence-corrected chi connectivity index (χ3v) is 9.00. The van der Waals surface area contributed by atoms with Gasteiger partial charge in [0.25, 0.3) is 11.6 Å². The maximum absolute atomic E-state index is 13.6. The van der Waals surface area contributed by atoms with E-state index in [0.717, 1.165) is 22.8 Å². The van der Waals surface area contributed by atoms with Crippen LogP contribution in [0, 0.1) is 30.9 Å². The number of carbonyl (C=O) groups is 1. The zero-order valence-corrected chi connectivity index (χ0v) is 24.2. The fourth-order valence-corrected chi connectivity index (χ4v) is 6.41. The largest absolute Gasteiger partial charge is 0.437 e. The van der Waals surface area contributed by atoms with Gasteiger partial charge < -0.3 is 10.1 Å². The highest BCUT2D eigenvalue weighted by Crippen LogP contribution is 2.38. The Hall–Kier alpha value is -4.62. The van der Waals surface area contributed by atoms with Crippen molar-refractivity contribution in [3.05, 3.63) is 99.0 Å². The van der Waals surface area contributed by atoms with Crippen LogP contribution < -0.4 is 10.1 Å². The summed E-state index contributed by atoms with van der Waals surface area (Å²) in [6.45, 7) is 6.30. The number of nitro benzene ring substituents is 1. The van der Waals surface area contributed by atoms with Gasteiger partial charge in [-0.1, -0.05) is 18.2 Å². The van der Waals surface area contributed by atoms with Gasteiger partial charge >= 0.3 is 0 Å². The second kappa shape index (κ2) is 11.7. The molecule has 2 aromatic carbocycles. The molecule has 1 amide bonds. The van der Waals surface area contributed by atoms with E-state index in [1.807, 2.05) is 38.1 Å². The summed E-state index contributed by atoms with van der Waals surface area (Å²) in [7, 11) is -4.11. The molecule has 12 nitrogen and oxygen atoms in total. The average Bonchev–Trinajstić information content (AvgIpc) is 3.63. The quantitative estimate of drug-likeness (QED) is 0.219. The normalized spacial score (nSPS) is 13.7. The Kier molecular flexibility index (Phi) is 8.05. The molecule has 5 rings (SSSR count). The Balaban J connectivity index is 1.61. The molecule has 4 aromatic rings. The van der Waals surface area contributed by atoms with Gasteiger partial charge in [0.2, 0.25) is 15.9 Å². The van der Waals surface area contributed by atoms with Crippen molar-refractivity contribution in [3.8, 4) is 17.3 Å². The van der Waals surface area contributed by atoms with Gasteiger partial charge in [0.15, 0.2) is 5.69 Å². The van der Waals surface area contributed by atoms with Crippen LogP contribution in [-0.2, 0) is 16.6 Å². The van der Waals surface area contributed by atoms with Crippen molar-refractivity contribution < 1.29 is 22.9 Å². The SMILES string of the molecule is Cc1ccc(C)c(-n2nc(C(=O)NCc3cccnc3)c(C)c2Oc2ccc([N+](=O)[O-])cc2S(=O)(=O)N2CCCC2)c1. The van der Waals surface area contributed by atoms with Gasteiger partial charge in [-0.3, -0.25) is 19.9 Å². The number of nitrogens with one attached hydrogen (secondary N) is 1. The lowest BCUT2D eigenvalue weighted by atomic mass is 10.1. The minimum absolute atomic E-state index is 0.0839. The number of ether oxygens (including phenoxy) is 1. The molecule has 2 aromatic heterocycles. The van der Waals surface area contributed by atoms with Crippen LogP contribution in [0.4, 0.5) is 5.69 Å². The van der Waals surface area contributed by atoms with Crippen molar-refractivity contribution >= 4 is 21.6 Å². The van der Waals surface area contributed by atoms with E-state index in [1.165, 1.54) is 21.1 Å². The van der Waals surface area contributed by atoms with Gasteiger partial charge in [0.05, 0.1) is 10.6 Å². The number of carbonyl (C=O) groups excluding carboxylic acids is 1. The average molecular weight is 591 g/mol. The topological polar surface area (TPSA) is 150 Å². The Morgan fingerprint density at radius 3 is 2.55 bits per heavy atom. The molecule has 1 N–H and O–H groups in total. The lowest BCUT2D eigenvalue weighted by molar-refractivity contribution is -0.385. The second-order valence-corrected chi connectivity index (χ2v) is 12.0. The standard InChI is InChI=1S/C29H30N6O6S/c1-19-8-9-20(2)24(15-19)34-29(21(3)27(32-34)28(36)31-18-22-7-6-12-30-17-22)41-25-11-10-23(35(37)38)16-26(25)42(39,40)33-13-4-5-14-33/h6-12,15-17H,4-5,13-14,18H2,1-3H3,(H,31,36). The fourth-order valence-electron chi connectivity index (χ4n) is 4.76. The number of hydrogen-bond acceptors (Lipinski definition) is 8. The lowest BCUT2D eigenvalue weighted by Gasteiger charge is -2.19. The molecular weight excluding hydrogens is 560 g/mol. The van der Waals surface area contributed by atoms with Gasteiger partial charge in [-0.2, -0.15) is 14.1 Å². The first-order valence-corrected chi connectivity index (χ1v) is 14.8. The van der Waals surface area contributed by atoms with Crippen molar-refractivity contribution in [2.45, 2.75) is 45.1 Å². The van der Waals surface area contributed by atoms with Crippen molar-refractivity contribution in [2.75, 3.05) is 13.1 Å². The smallest absolute Gasteiger partial charge is 0.272 e. The summed E-state index contributed by atoms with van der Waals surface area (Å²) in [4.78, 5) is 28.0. The Morgan fingerprint density at radius 1 is 1.10 bits per heavy atom. The van der Waals surface area contributed by atoms with E-state index in [4.69, 9.17) is 4.74 Å². The minimum atomic E-state index is -4.11. The summed E-state index contributed by atoms with van der Waals surface area (Å²) >= 11 is 0. The molecule has 218 valence electrons. The van der Waals surface area contributed by atoms with E-state index in [2.05, 4.69) is 15.4 Å². The van der Waals surface area contributed by atoms with Crippen molar-refractivity contribution in [2.24, 2.45) is 0 Å². The maximum atomic E-state index is 13.6. The lowest BCUT2D eigenvalue weighted by Crippen LogP contribution is -2.28. The number of nitrogens with zero attached hydrogens (tertiary/aromatic N) is 5. The zero-order valence-electron chi connectivity index (χ0n) is 23.4. The molecule has 1 fully saturated rings. The van der Waals surface area contributed by atoms with Crippen LogP contribution in [0.2, 0.25) is 0 Å². The molecule has 0 atom stereocenters. The van der Waals surface area contributed by atoms with Crippen LogP contribution in [0.25, 0.3) is 5.69 Å². The van der Waals surface area contributed by atoms with E-state index in [0.29, 0.717) is 37.2 Å². The number of nitro groups is 1. The summed E-state index contributed by atoms with van der Waals surface area (Å²) in [6, 6.07) is 12.8. The van der Waals surface area contributed by atoms with Gasteiger partial charge in [-0.05, 0) is 68.5 Å². The summed E-state index contributed by atoms with van der Waals surface area (Å²) in [5, 5.41) is 19.0. The third-order valence-electron chi connectivity index (χ3n) is 7.08. The molecule has 0 unspecified atom stereocenters. The van der Waals surface area contributed by atoms with Crippen LogP contribution in [0.1, 0.15) is 45.6 Å². The van der Waals surface area contributed by atoms with E-state index in [9.17, 15) is 23.3 Å². The van der Waals surface area contributed by atoms with Gasteiger partial charge in [0.1, 0.15) is 10.6 Å². The number of aryl methyl sites for hydroxylation is 2. The molecule has 42 heavy (non-hydrogen) atoms. The molecule has 0 bridgehead atoms. The summed E-state index contributed by atoms with van der Waals surface area (Å²) in [5.74, 6) is -0.454. The predicted octanol–water partition coefficient (Wildman–Crippen LogP) is 4.61. The molecule has 1 saturated heterocycles. The molecule has 1 aliphatic heterocycles. The first kappa shape index (κ1) is 28.9. The number of aromatic nitrogens is 3. The Bertz CT molecular complexity index is 1760. The molecule has 13 heteroatoms. The van der Waals surface area contributed by atoms with Crippen LogP contribution in [-0.4, -0.2) is 51.4 Å². The van der Waals surface area contributed by atoms with Gasteiger partial charge in [-0.25, -0.2) is 8.42 Å². The molecule has 0 aliphatic carbocycles. The number of sulfonamides is 1. The number of non-ortho nitro benzene ring substituents is 1. The maximum Gasteiger partial charge on any atom is 0.272 e.